The summed E-state index contributed by atoms with van der Waals surface area (Å²) in [5.41, 5.74) is 0.645. The maximum absolute atomic E-state index is 13.5. The van der Waals surface area contributed by atoms with Gasteiger partial charge in [0.25, 0.3) is 11.8 Å². The molecule has 6 nitrogen and oxygen atoms in total. The molecule has 1 aromatic heterocycles. The van der Waals surface area contributed by atoms with Crippen molar-refractivity contribution in [2.24, 2.45) is 0 Å². The largest absolute Gasteiger partial charge is 0.346 e. The van der Waals surface area contributed by atoms with Gasteiger partial charge in [-0.15, -0.1) is 0 Å². The lowest BCUT2D eigenvalue weighted by Crippen LogP contribution is -2.38. The topological polar surface area (TPSA) is 79.4 Å². The molecule has 1 aliphatic rings. The third-order valence-electron chi connectivity index (χ3n) is 4.30. The first-order valence-electron chi connectivity index (χ1n) is 8.43. The molecule has 2 amide bonds. The third-order valence-corrected chi connectivity index (χ3v) is 4.30. The van der Waals surface area contributed by atoms with Gasteiger partial charge in [0.15, 0.2) is 0 Å². The van der Waals surface area contributed by atoms with Crippen LogP contribution in [0, 0.1) is 11.6 Å². The number of ketones is 1. The van der Waals surface area contributed by atoms with Gasteiger partial charge in [-0.1, -0.05) is 0 Å². The molecule has 140 valence electrons. The van der Waals surface area contributed by atoms with Crippen LogP contribution in [-0.4, -0.2) is 40.6 Å². The van der Waals surface area contributed by atoms with Gasteiger partial charge in [0, 0.05) is 43.1 Å². The number of benzene rings is 1. The number of hydrogen-bond acceptors (Lipinski definition) is 4. The van der Waals surface area contributed by atoms with Crippen LogP contribution in [0.25, 0.3) is 0 Å². The Kier molecular flexibility index (Phi) is 5.54. The van der Waals surface area contributed by atoms with Gasteiger partial charge in [0.05, 0.1) is 18.4 Å². The number of carbonyl (C=O) groups is 3. The Bertz CT molecular complexity index is 874. The monoisotopic (exact) mass is 373 g/mol. The van der Waals surface area contributed by atoms with E-state index in [9.17, 15) is 23.2 Å². The summed E-state index contributed by atoms with van der Waals surface area (Å²) in [6, 6.07) is 6.75. The SMILES string of the molecule is O=C1CCN(C(=O)c2ccc(C(=O)NCc3ncc(F)cc3F)cc2)CC1. The van der Waals surface area contributed by atoms with Gasteiger partial charge in [-0.3, -0.25) is 19.4 Å². The number of carbonyl (C=O) groups excluding carboxylic acids is 3. The number of nitrogens with zero attached hydrogens (tertiary/aromatic N) is 2. The first kappa shape index (κ1) is 18.6. The van der Waals surface area contributed by atoms with Crippen LogP contribution < -0.4 is 5.32 Å². The van der Waals surface area contributed by atoms with E-state index < -0.39 is 17.5 Å². The van der Waals surface area contributed by atoms with Crippen LogP contribution in [-0.2, 0) is 11.3 Å². The van der Waals surface area contributed by atoms with E-state index >= 15 is 0 Å². The van der Waals surface area contributed by atoms with Crippen molar-refractivity contribution in [2.45, 2.75) is 19.4 Å². The number of likely N-dealkylation sites (tertiary alicyclic amines) is 1. The molecule has 1 fully saturated rings. The second kappa shape index (κ2) is 8.03. The number of aromatic nitrogens is 1. The minimum atomic E-state index is -0.837. The first-order valence-corrected chi connectivity index (χ1v) is 8.43. The minimum Gasteiger partial charge on any atom is -0.346 e. The second-order valence-corrected chi connectivity index (χ2v) is 6.17. The summed E-state index contributed by atoms with van der Waals surface area (Å²) in [4.78, 5) is 41.0. The molecular weight excluding hydrogens is 356 g/mol. The van der Waals surface area contributed by atoms with Crippen LogP contribution in [0.15, 0.2) is 36.5 Å². The van der Waals surface area contributed by atoms with E-state index in [1.165, 1.54) is 24.3 Å². The first-order chi connectivity index (χ1) is 12.9. The van der Waals surface area contributed by atoms with E-state index in [0.29, 0.717) is 43.1 Å². The standard InChI is InChI=1S/C19H17F2N3O3/c20-14-9-16(21)17(22-10-14)11-23-18(26)12-1-3-13(4-2-12)19(27)24-7-5-15(25)6-8-24/h1-4,9-10H,5-8,11H2,(H,23,26). The highest BCUT2D eigenvalue weighted by Crippen LogP contribution is 2.13. The summed E-state index contributed by atoms with van der Waals surface area (Å²) in [7, 11) is 0. The molecule has 0 saturated carbocycles. The number of nitrogens with one attached hydrogen (secondary N) is 1. The fourth-order valence-electron chi connectivity index (χ4n) is 2.74. The molecule has 0 aliphatic carbocycles. The van der Waals surface area contributed by atoms with Crippen molar-refractivity contribution in [2.75, 3.05) is 13.1 Å². The molecule has 0 unspecified atom stereocenters. The molecule has 0 radical (unpaired) electrons. The lowest BCUT2D eigenvalue weighted by molar-refractivity contribution is -0.120. The molecule has 2 heterocycles. The molecule has 0 atom stereocenters. The highest BCUT2D eigenvalue weighted by molar-refractivity contribution is 5.98. The zero-order valence-corrected chi connectivity index (χ0v) is 14.4. The molecule has 1 aromatic carbocycles. The van der Waals surface area contributed by atoms with Crippen LogP contribution in [0.3, 0.4) is 0 Å². The molecule has 2 aromatic rings. The average Bonchev–Trinajstić information content (AvgIpc) is 2.67. The Morgan fingerprint density at radius 3 is 2.33 bits per heavy atom. The Morgan fingerprint density at radius 2 is 1.70 bits per heavy atom. The van der Waals surface area contributed by atoms with Crippen LogP contribution in [0.4, 0.5) is 8.78 Å². The molecule has 3 rings (SSSR count). The van der Waals surface area contributed by atoms with Crippen LogP contribution in [0.5, 0.6) is 0 Å². The fraction of sp³-hybridized carbons (Fsp3) is 0.263. The summed E-state index contributed by atoms with van der Waals surface area (Å²) in [6.07, 6.45) is 1.60. The van der Waals surface area contributed by atoms with Gasteiger partial charge in [-0.25, -0.2) is 8.78 Å². The second-order valence-electron chi connectivity index (χ2n) is 6.17. The molecule has 1 aliphatic heterocycles. The number of halogens is 2. The van der Waals surface area contributed by atoms with E-state index in [4.69, 9.17) is 0 Å². The fourth-order valence-corrected chi connectivity index (χ4v) is 2.74. The summed E-state index contributed by atoms with van der Waals surface area (Å²) in [6.45, 7) is 0.611. The van der Waals surface area contributed by atoms with Gasteiger partial charge in [-0.05, 0) is 24.3 Å². The summed E-state index contributed by atoms with van der Waals surface area (Å²) in [5, 5.41) is 2.50. The maximum Gasteiger partial charge on any atom is 0.253 e. The minimum absolute atomic E-state index is 0.0730. The average molecular weight is 373 g/mol. The molecule has 0 bridgehead atoms. The van der Waals surface area contributed by atoms with E-state index in [-0.39, 0.29) is 23.9 Å². The van der Waals surface area contributed by atoms with Crippen molar-refractivity contribution < 1.29 is 23.2 Å². The number of amides is 2. The predicted octanol–water partition coefficient (Wildman–Crippen LogP) is 2.09. The van der Waals surface area contributed by atoms with Crippen LogP contribution in [0.1, 0.15) is 39.3 Å². The Morgan fingerprint density at radius 1 is 1.07 bits per heavy atom. The summed E-state index contributed by atoms with van der Waals surface area (Å²) >= 11 is 0. The van der Waals surface area contributed by atoms with Crippen molar-refractivity contribution in [3.63, 3.8) is 0 Å². The molecule has 0 spiro atoms. The van der Waals surface area contributed by atoms with Crippen LogP contribution >= 0.6 is 0 Å². The van der Waals surface area contributed by atoms with Crippen molar-refractivity contribution >= 4 is 17.6 Å². The molecule has 27 heavy (non-hydrogen) atoms. The third kappa shape index (κ3) is 4.52. The predicted molar refractivity (Wildman–Crippen MR) is 91.9 cm³/mol. The number of rotatable bonds is 4. The van der Waals surface area contributed by atoms with E-state index in [1.807, 2.05) is 0 Å². The maximum atomic E-state index is 13.5. The van der Waals surface area contributed by atoms with Crippen molar-refractivity contribution in [1.29, 1.82) is 0 Å². The van der Waals surface area contributed by atoms with E-state index in [0.717, 1.165) is 6.20 Å². The number of piperidine rings is 1. The van der Waals surface area contributed by atoms with Gasteiger partial charge in [-0.2, -0.15) is 0 Å². The zero-order chi connectivity index (χ0) is 19.4. The Labute approximate surface area is 154 Å². The number of pyridine rings is 1. The lowest BCUT2D eigenvalue weighted by atomic mass is 10.1. The summed E-state index contributed by atoms with van der Waals surface area (Å²) in [5.74, 6) is -2.13. The molecule has 1 N–H and O–H groups in total. The van der Waals surface area contributed by atoms with Gasteiger partial charge < -0.3 is 10.2 Å². The smallest absolute Gasteiger partial charge is 0.253 e. The summed E-state index contributed by atoms with van der Waals surface area (Å²) < 4.78 is 26.4. The Hall–Kier alpha value is -3.16. The highest BCUT2D eigenvalue weighted by Gasteiger charge is 2.22. The van der Waals surface area contributed by atoms with Gasteiger partial charge in [0.2, 0.25) is 0 Å². The van der Waals surface area contributed by atoms with Crippen molar-refractivity contribution in [3.05, 3.63) is 65.0 Å². The highest BCUT2D eigenvalue weighted by atomic mass is 19.1. The van der Waals surface area contributed by atoms with Crippen LogP contribution in [0.2, 0.25) is 0 Å². The van der Waals surface area contributed by atoms with Crippen molar-refractivity contribution in [3.8, 4) is 0 Å². The zero-order valence-electron chi connectivity index (χ0n) is 14.4. The van der Waals surface area contributed by atoms with Gasteiger partial charge in [0.1, 0.15) is 17.4 Å². The van der Waals surface area contributed by atoms with E-state index in [2.05, 4.69) is 10.3 Å². The van der Waals surface area contributed by atoms with E-state index in [1.54, 1.807) is 4.90 Å². The molecule has 8 heteroatoms. The lowest BCUT2D eigenvalue weighted by Gasteiger charge is -2.26. The number of hydrogen-bond donors (Lipinski definition) is 1. The number of Topliss-reactive ketones (excluding diaryl/α,β-unsaturated/α-hetero) is 1. The van der Waals surface area contributed by atoms with Gasteiger partial charge >= 0.3 is 0 Å². The Balaban J connectivity index is 1.60. The molecule has 1 saturated heterocycles. The molecular formula is C19H17F2N3O3. The quantitative estimate of drug-likeness (QED) is 0.890. The van der Waals surface area contributed by atoms with Crippen molar-refractivity contribution in [1.82, 2.24) is 15.2 Å². The normalized spacial score (nSPS) is 14.1.